The van der Waals surface area contributed by atoms with Crippen LogP contribution in [0.5, 0.6) is 11.5 Å². The molecule has 2 rings (SSSR count). The number of benzene rings is 2. The van der Waals surface area contributed by atoms with Crippen molar-refractivity contribution < 1.29 is 27.1 Å². The lowest BCUT2D eigenvalue weighted by atomic mass is 10.1. The first-order chi connectivity index (χ1) is 9.80. The fourth-order valence-electron chi connectivity index (χ4n) is 1.79. The molecule has 110 valence electrons. The van der Waals surface area contributed by atoms with Gasteiger partial charge in [-0.25, -0.2) is 4.39 Å². The number of Topliss-reactive ketones (excluding diaryl/α,β-unsaturated/α-hetero) is 1. The molecule has 0 saturated heterocycles. The number of rotatable bonds is 3. The van der Waals surface area contributed by atoms with Crippen LogP contribution in [0.3, 0.4) is 0 Å². The topological polar surface area (TPSA) is 26.3 Å². The van der Waals surface area contributed by atoms with Crippen molar-refractivity contribution in [3.63, 3.8) is 0 Å². The molecule has 0 unspecified atom stereocenters. The van der Waals surface area contributed by atoms with Gasteiger partial charge in [0.2, 0.25) is 0 Å². The van der Waals surface area contributed by atoms with Gasteiger partial charge in [0, 0.05) is 0 Å². The molecule has 0 aliphatic heterocycles. The van der Waals surface area contributed by atoms with Gasteiger partial charge < -0.3 is 4.74 Å². The third kappa shape index (κ3) is 3.21. The second-order valence-electron chi connectivity index (χ2n) is 4.27. The van der Waals surface area contributed by atoms with Crippen LogP contribution in [0.1, 0.15) is 22.8 Å². The molecule has 2 nitrogen and oxygen atoms in total. The Kier molecular flexibility index (Phi) is 3.97. The number of hydrogen-bond donors (Lipinski definition) is 0. The highest BCUT2D eigenvalue weighted by atomic mass is 19.4. The summed E-state index contributed by atoms with van der Waals surface area (Å²) in [6, 6.07) is 8.01. The highest BCUT2D eigenvalue weighted by molar-refractivity contribution is 5.96. The zero-order valence-electron chi connectivity index (χ0n) is 10.9. The molecule has 2 aromatic carbocycles. The van der Waals surface area contributed by atoms with Crippen LogP contribution in [0.15, 0.2) is 42.5 Å². The Morgan fingerprint density at radius 3 is 2.33 bits per heavy atom. The maximum Gasteiger partial charge on any atom is 0.419 e. The number of hydrogen-bond acceptors (Lipinski definition) is 2. The molecular formula is C15H10F4O2. The van der Waals surface area contributed by atoms with Crippen molar-refractivity contribution in [2.24, 2.45) is 0 Å². The maximum atomic E-state index is 13.8. The first-order valence-electron chi connectivity index (χ1n) is 5.94. The van der Waals surface area contributed by atoms with Gasteiger partial charge in [0.05, 0.1) is 11.1 Å². The van der Waals surface area contributed by atoms with E-state index in [1.165, 1.54) is 31.2 Å². The molecule has 21 heavy (non-hydrogen) atoms. The van der Waals surface area contributed by atoms with E-state index in [-0.39, 0.29) is 5.56 Å². The zero-order chi connectivity index (χ0) is 15.6. The van der Waals surface area contributed by atoms with E-state index in [2.05, 4.69) is 0 Å². The Hall–Kier alpha value is -2.37. The van der Waals surface area contributed by atoms with Crippen molar-refractivity contribution in [3.05, 3.63) is 59.4 Å². The first-order valence-corrected chi connectivity index (χ1v) is 5.94. The van der Waals surface area contributed by atoms with E-state index in [0.717, 1.165) is 18.2 Å². The van der Waals surface area contributed by atoms with E-state index < -0.39 is 34.8 Å². The van der Waals surface area contributed by atoms with E-state index >= 15 is 0 Å². The molecule has 0 saturated carbocycles. The Morgan fingerprint density at radius 2 is 1.71 bits per heavy atom. The van der Waals surface area contributed by atoms with Crippen LogP contribution in [0.25, 0.3) is 0 Å². The van der Waals surface area contributed by atoms with Crippen LogP contribution in [0, 0.1) is 5.82 Å². The number of ketones is 1. The van der Waals surface area contributed by atoms with Crippen molar-refractivity contribution in [1.82, 2.24) is 0 Å². The number of ether oxygens (including phenoxy) is 1. The third-order valence-electron chi connectivity index (χ3n) is 2.75. The van der Waals surface area contributed by atoms with Crippen LogP contribution >= 0.6 is 0 Å². The Bertz CT molecular complexity index is 678. The largest absolute Gasteiger partial charge is 0.453 e. The van der Waals surface area contributed by atoms with E-state index in [1.807, 2.05) is 0 Å². The van der Waals surface area contributed by atoms with Crippen molar-refractivity contribution in [1.29, 1.82) is 0 Å². The van der Waals surface area contributed by atoms with E-state index in [0.29, 0.717) is 0 Å². The molecule has 0 fully saturated rings. The number of carbonyl (C=O) groups is 1. The summed E-state index contributed by atoms with van der Waals surface area (Å²) in [7, 11) is 0. The molecule has 0 spiro atoms. The van der Waals surface area contributed by atoms with Crippen LogP contribution < -0.4 is 4.74 Å². The predicted octanol–water partition coefficient (Wildman–Crippen LogP) is 4.84. The molecule has 6 heteroatoms. The standard InChI is InChI=1S/C15H10F4O2/c1-9(20)10-5-4-7-12(16)14(10)21-13-8-3-2-6-11(13)15(17,18)19/h2-8H,1H3. The van der Waals surface area contributed by atoms with Gasteiger partial charge in [0.15, 0.2) is 17.3 Å². The van der Waals surface area contributed by atoms with Crippen LogP contribution in [-0.2, 0) is 6.18 Å². The molecule has 0 aliphatic carbocycles. The van der Waals surface area contributed by atoms with Gasteiger partial charge in [-0.15, -0.1) is 0 Å². The summed E-state index contributed by atoms with van der Waals surface area (Å²) in [4.78, 5) is 11.4. The fraction of sp³-hybridized carbons (Fsp3) is 0.133. The third-order valence-corrected chi connectivity index (χ3v) is 2.75. The molecule has 0 N–H and O–H groups in total. The lowest BCUT2D eigenvalue weighted by Crippen LogP contribution is -2.08. The molecule has 0 amide bonds. The summed E-state index contributed by atoms with van der Waals surface area (Å²) in [6.07, 6.45) is -4.64. The van der Waals surface area contributed by atoms with E-state index in [9.17, 15) is 22.4 Å². The summed E-state index contributed by atoms with van der Waals surface area (Å²) in [5.41, 5.74) is -1.16. The monoisotopic (exact) mass is 298 g/mol. The minimum atomic E-state index is -4.64. The molecular weight excluding hydrogens is 288 g/mol. The molecule has 0 aliphatic rings. The van der Waals surface area contributed by atoms with Gasteiger partial charge in [-0.1, -0.05) is 18.2 Å². The minimum absolute atomic E-state index is 0.119. The van der Waals surface area contributed by atoms with Gasteiger partial charge in [-0.05, 0) is 31.2 Å². The number of para-hydroxylation sites is 2. The maximum absolute atomic E-state index is 13.8. The lowest BCUT2D eigenvalue weighted by molar-refractivity contribution is -0.138. The summed E-state index contributed by atoms with van der Waals surface area (Å²) in [5, 5.41) is 0. The van der Waals surface area contributed by atoms with Crippen molar-refractivity contribution in [2.75, 3.05) is 0 Å². The number of halogens is 4. The first kappa shape index (κ1) is 15.0. The minimum Gasteiger partial charge on any atom is -0.453 e. The Labute approximate surface area is 118 Å². The molecule has 0 radical (unpaired) electrons. The summed E-state index contributed by atoms with van der Waals surface area (Å²) < 4.78 is 57.4. The average Bonchev–Trinajstić information content (AvgIpc) is 2.40. The predicted molar refractivity (Wildman–Crippen MR) is 67.9 cm³/mol. The molecule has 0 bridgehead atoms. The van der Waals surface area contributed by atoms with Crippen molar-refractivity contribution >= 4 is 5.78 Å². The van der Waals surface area contributed by atoms with Gasteiger partial charge in [-0.2, -0.15) is 13.2 Å². The normalized spacial score (nSPS) is 11.3. The molecule has 0 atom stereocenters. The van der Waals surface area contributed by atoms with Crippen molar-refractivity contribution in [3.8, 4) is 11.5 Å². The Balaban J connectivity index is 2.52. The van der Waals surface area contributed by atoms with E-state index in [1.54, 1.807) is 0 Å². The van der Waals surface area contributed by atoms with Crippen LogP contribution in [0.2, 0.25) is 0 Å². The van der Waals surface area contributed by atoms with E-state index in [4.69, 9.17) is 4.74 Å². The molecule has 0 heterocycles. The van der Waals surface area contributed by atoms with Gasteiger partial charge >= 0.3 is 6.18 Å². The lowest BCUT2D eigenvalue weighted by Gasteiger charge is -2.15. The van der Waals surface area contributed by atoms with Crippen LogP contribution in [0.4, 0.5) is 17.6 Å². The smallest absolute Gasteiger partial charge is 0.419 e. The molecule has 0 aromatic heterocycles. The zero-order valence-corrected chi connectivity index (χ0v) is 10.9. The van der Waals surface area contributed by atoms with Crippen LogP contribution in [-0.4, -0.2) is 5.78 Å². The number of alkyl halides is 3. The Morgan fingerprint density at radius 1 is 1.05 bits per heavy atom. The second kappa shape index (κ2) is 5.55. The highest BCUT2D eigenvalue weighted by Crippen LogP contribution is 2.39. The van der Waals surface area contributed by atoms with Crippen molar-refractivity contribution in [2.45, 2.75) is 13.1 Å². The van der Waals surface area contributed by atoms with Gasteiger partial charge in [0.25, 0.3) is 0 Å². The highest BCUT2D eigenvalue weighted by Gasteiger charge is 2.34. The fourth-order valence-corrected chi connectivity index (χ4v) is 1.79. The van der Waals surface area contributed by atoms with Gasteiger partial charge in [-0.3, -0.25) is 4.79 Å². The average molecular weight is 298 g/mol. The quantitative estimate of drug-likeness (QED) is 0.598. The molecule has 2 aromatic rings. The van der Waals surface area contributed by atoms with Gasteiger partial charge in [0.1, 0.15) is 5.75 Å². The SMILES string of the molecule is CC(=O)c1cccc(F)c1Oc1ccccc1C(F)(F)F. The number of carbonyl (C=O) groups excluding carboxylic acids is 1. The second-order valence-corrected chi connectivity index (χ2v) is 4.27. The summed E-state index contributed by atoms with van der Waals surface area (Å²) >= 11 is 0. The summed E-state index contributed by atoms with van der Waals surface area (Å²) in [6.45, 7) is 1.18. The summed E-state index contributed by atoms with van der Waals surface area (Å²) in [5.74, 6) is -2.48.